The lowest BCUT2D eigenvalue weighted by molar-refractivity contribution is -0.105. The number of carbonyl (C=O) groups excluding carboxylic acids is 1. The molecule has 0 N–H and O–H groups in total. The van der Waals surface area contributed by atoms with Crippen LogP contribution >= 0.6 is 23.5 Å². The summed E-state index contributed by atoms with van der Waals surface area (Å²) in [5, 5.41) is 19.6. The molecule has 0 radical (unpaired) electrons. The van der Waals surface area contributed by atoms with E-state index >= 15 is 0 Å². The van der Waals surface area contributed by atoms with E-state index in [0.29, 0.717) is 29.6 Å². The predicted octanol–water partition coefficient (Wildman–Crippen LogP) is 0.806. The standard InChI is InChI=1S/C7H4N4O2S3/c8-3-14-2-1-5-6(7(12)15-4-9)11-16(13)10-5/h1-2H2. The zero-order valence-corrected chi connectivity index (χ0v) is 10.2. The number of rotatable bonds is 4. The number of thioether (sulfide) groups is 2. The summed E-state index contributed by atoms with van der Waals surface area (Å²) in [7, 11) is 0. The van der Waals surface area contributed by atoms with Gasteiger partial charge in [0.25, 0.3) is 16.3 Å². The largest absolute Gasteiger partial charge is 0.279 e. The number of hydrogen-bond acceptors (Lipinski definition) is 6. The molecule has 0 bridgehead atoms. The average Bonchev–Trinajstić information content (AvgIpc) is 2.61. The maximum absolute atomic E-state index is 11.4. The SMILES string of the molecule is N#CSCCC1=NS(=O)N=C1C(=O)SC#N. The minimum atomic E-state index is -1.77. The third-order valence-electron chi connectivity index (χ3n) is 1.47. The molecule has 16 heavy (non-hydrogen) atoms. The average molecular weight is 272 g/mol. The van der Waals surface area contributed by atoms with Crippen molar-refractivity contribution in [2.75, 3.05) is 5.75 Å². The van der Waals surface area contributed by atoms with E-state index in [4.69, 9.17) is 10.5 Å². The van der Waals surface area contributed by atoms with Crippen molar-refractivity contribution in [2.24, 2.45) is 8.80 Å². The number of nitriles is 2. The molecule has 6 nitrogen and oxygen atoms in total. The van der Waals surface area contributed by atoms with Crippen molar-refractivity contribution in [3.8, 4) is 10.8 Å². The van der Waals surface area contributed by atoms with Gasteiger partial charge in [-0.05, 0) is 11.8 Å². The molecule has 1 heterocycles. The van der Waals surface area contributed by atoms with E-state index in [0.717, 1.165) is 11.8 Å². The van der Waals surface area contributed by atoms with Gasteiger partial charge in [-0.3, -0.25) is 4.79 Å². The molecular weight excluding hydrogens is 268 g/mol. The first kappa shape index (κ1) is 12.9. The Kier molecular flexibility index (Phi) is 5.19. The van der Waals surface area contributed by atoms with Crippen LogP contribution in [0.2, 0.25) is 0 Å². The fraction of sp³-hybridized carbons (Fsp3) is 0.286. The highest BCUT2D eigenvalue weighted by Gasteiger charge is 2.25. The van der Waals surface area contributed by atoms with Gasteiger partial charge in [0.15, 0.2) is 5.71 Å². The van der Waals surface area contributed by atoms with Gasteiger partial charge in [0, 0.05) is 23.9 Å². The van der Waals surface area contributed by atoms with Gasteiger partial charge >= 0.3 is 0 Å². The first-order valence-corrected chi connectivity index (χ1v) is 6.75. The molecule has 1 unspecified atom stereocenters. The Bertz CT molecular complexity index is 471. The number of nitrogens with zero attached hydrogens (tertiary/aromatic N) is 4. The fourth-order valence-electron chi connectivity index (χ4n) is 0.891. The molecule has 0 aromatic heterocycles. The maximum Gasteiger partial charge on any atom is 0.266 e. The number of hydrogen-bond donors (Lipinski definition) is 0. The summed E-state index contributed by atoms with van der Waals surface area (Å²) in [6.45, 7) is 0. The lowest BCUT2D eigenvalue weighted by Crippen LogP contribution is -2.19. The van der Waals surface area contributed by atoms with E-state index < -0.39 is 16.3 Å². The molecular formula is C7H4N4O2S3. The summed E-state index contributed by atoms with van der Waals surface area (Å²) in [5.74, 6) is 0.441. The minimum absolute atomic E-state index is 0.0246. The molecule has 0 saturated carbocycles. The lowest BCUT2D eigenvalue weighted by Gasteiger charge is -1.97. The first-order chi connectivity index (χ1) is 7.69. The molecule has 1 atom stereocenters. The van der Waals surface area contributed by atoms with Crippen LogP contribution in [0, 0.1) is 21.3 Å². The van der Waals surface area contributed by atoms with Crippen LogP contribution in [-0.2, 0) is 16.0 Å². The molecule has 0 fully saturated rings. The zero-order valence-electron chi connectivity index (χ0n) is 7.74. The van der Waals surface area contributed by atoms with Crippen molar-refractivity contribution in [3.63, 3.8) is 0 Å². The van der Waals surface area contributed by atoms with Crippen LogP contribution in [0.25, 0.3) is 0 Å². The molecule has 82 valence electrons. The van der Waals surface area contributed by atoms with Crippen LogP contribution in [0.15, 0.2) is 8.80 Å². The molecule has 0 aromatic rings. The van der Waals surface area contributed by atoms with Gasteiger partial charge < -0.3 is 0 Å². The molecule has 1 rings (SSSR count). The minimum Gasteiger partial charge on any atom is -0.279 e. The van der Waals surface area contributed by atoms with Crippen LogP contribution in [0.3, 0.4) is 0 Å². The Morgan fingerprint density at radius 3 is 2.75 bits per heavy atom. The normalized spacial score (nSPS) is 18.2. The first-order valence-electron chi connectivity index (χ1n) is 3.88. The predicted molar refractivity (Wildman–Crippen MR) is 63.9 cm³/mol. The summed E-state index contributed by atoms with van der Waals surface area (Å²) in [4.78, 5) is 11.4. The quantitative estimate of drug-likeness (QED) is 0.553. The Morgan fingerprint density at radius 1 is 1.38 bits per heavy atom. The van der Waals surface area contributed by atoms with Gasteiger partial charge in [-0.2, -0.15) is 19.3 Å². The highest BCUT2D eigenvalue weighted by atomic mass is 32.2. The van der Waals surface area contributed by atoms with E-state index in [1.54, 1.807) is 5.40 Å². The van der Waals surface area contributed by atoms with Gasteiger partial charge in [0.2, 0.25) is 0 Å². The molecule has 9 heteroatoms. The second kappa shape index (κ2) is 6.43. The van der Waals surface area contributed by atoms with Crippen molar-refractivity contribution < 1.29 is 9.00 Å². The van der Waals surface area contributed by atoms with Gasteiger partial charge in [0.1, 0.15) is 10.8 Å². The highest BCUT2D eigenvalue weighted by Crippen LogP contribution is 2.13. The maximum atomic E-state index is 11.4. The third kappa shape index (κ3) is 3.45. The van der Waals surface area contributed by atoms with Crippen molar-refractivity contribution in [1.29, 1.82) is 10.5 Å². The van der Waals surface area contributed by atoms with Gasteiger partial charge in [-0.15, -0.1) is 0 Å². The summed E-state index contributed by atoms with van der Waals surface area (Å²) in [6, 6.07) is 0. The van der Waals surface area contributed by atoms with Crippen LogP contribution in [0.5, 0.6) is 0 Å². The monoisotopic (exact) mass is 272 g/mol. The smallest absolute Gasteiger partial charge is 0.266 e. The van der Waals surface area contributed by atoms with Gasteiger partial charge in [-0.25, -0.2) is 4.21 Å². The van der Waals surface area contributed by atoms with E-state index in [2.05, 4.69) is 8.80 Å². The summed E-state index contributed by atoms with van der Waals surface area (Å²) < 4.78 is 18.2. The van der Waals surface area contributed by atoms with Crippen LogP contribution in [0.1, 0.15) is 6.42 Å². The van der Waals surface area contributed by atoms with Crippen LogP contribution in [-0.4, -0.2) is 26.5 Å². The van der Waals surface area contributed by atoms with Gasteiger partial charge in [0.05, 0.1) is 5.71 Å². The molecule has 0 aliphatic carbocycles. The second-order valence-corrected chi connectivity index (χ2v) is 4.84. The van der Waals surface area contributed by atoms with E-state index in [1.807, 2.05) is 5.40 Å². The van der Waals surface area contributed by atoms with Gasteiger partial charge in [-0.1, -0.05) is 0 Å². The Hall–Kier alpha value is -1.16. The van der Waals surface area contributed by atoms with Crippen molar-refractivity contribution >= 4 is 51.2 Å². The summed E-state index contributed by atoms with van der Waals surface area (Å²) in [5.41, 5.74) is 0.275. The highest BCUT2D eigenvalue weighted by molar-refractivity contribution is 8.19. The molecule has 1 aliphatic heterocycles. The van der Waals surface area contributed by atoms with Crippen LogP contribution < -0.4 is 0 Å². The van der Waals surface area contributed by atoms with E-state index in [1.165, 1.54) is 0 Å². The molecule has 1 aliphatic rings. The van der Waals surface area contributed by atoms with E-state index in [9.17, 15) is 9.00 Å². The molecule has 0 saturated heterocycles. The topological polar surface area (TPSA) is 106 Å². The Morgan fingerprint density at radius 2 is 2.12 bits per heavy atom. The lowest BCUT2D eigenvalue weighted by atomic mass is 10.2. The summed E-state index contributed by atoms with van der Waals surface area (Å²) >= 11 is -0.339. The third-order valence-corrected chi connectivity index (χ3v) is 3.19. The second-order valence-electron chi connectivity index (χ2n) is 2.38. The molecule has 0 aromatic carbocycles. The molecule has 0 amide bonds. The zero-order chi connectivity index (χ0) is 12.0. The summed E-state index contributed by atoms with van der Waals surface area (Å²) in [6.07, 6.45) is 0.334. The number of thiocyanates is 2. The Balaban J connectivity index is 2.70. The molecule has 0 spiro atoms. The Labute approximate surface area is 103 Å². The fourth-order valence-corrected chi connectivity index (χ4v) is 2.43. The van der Waals surface area contributed by atoms with E-state index in [-0.39, 0.29) is 5.71 Å². The van der Waals surface area contributed by atoms with Crippen LogP contribution in [0.4, 0.5) is 0 Å². The van der Waals surface area contributed by atoms with Crippen molar-refractivity contribution in [2.45, 2.75) is 6.42 Å². The van der Waals surface area contributed by atoms with Crippen molar-refractivity contribution in [3.05, 3.63) is 0 Å². The van der Waals surface area contributed by atoms with Crippen molar-refractivity contribution in [1.82, 2.24) is 0 Å². The number of carbonyl (C=O) groups is 1.